The highest BCUT2D eigenvalue weighted by atomic mass is 32.2. The van der Waals surface area contributed by atoms with Gasteiger partial charge >= 0.3 is 6.18 Å². The minimum atomic E-state index is -4.61. The van der Waals surface area contributed by atoms with Gasteiger partial charge in [-0.3, -0.25) is 8.75 Å². The van der Waals surface area contributed by atoms with Crippen LogP contribution in [0.1, 0.15) is 11.1 Å². The maximum Gasteiger partial charge on any atom is 0.418 e. The van der Waals surface area contributed by atoms with Crippen LogP contribution in [0.2, 0.25) is 0 Å². The highest BCUT2D eigenvalue weighted by molar-refractivity contribution is 7.90. The molecule has 2 aromatic rings. The number of alkyl halides is 3. The molecule has 1 heterocycles. The number of benzene rings is 1. The number of hydrogen-bond donors (Lipinski definition) is 1. The van der Waals surface area contributed by atoms with E-state index in [0.29, 0.717) is 11.5 Å². The van der Waals surface area contributed by atoms with Crippen LogP contribution in [0.3, 0.4) is 0 Å². The SMILES string of the molecule is CS(=O)(=O)CCn1sc(Nc2ccccc2C(F)(F)F)c(C#N)c1=O. The number of nitriles is 1. The number of halogens is 3. The molecule has 0 bridgehead atoms. The van der Waals surface area contributed by atoms with Gasteiger partial charge in [-0.2, -0.15) is 18.4 Å². The monoisotopic (exact) mass is 391 g/mol. The number of rotatable bonds is 5. The number of aromatic nitrogens is 1. The fraction of sp³-hybridized carbons (Fsp3) is 0.286. The molecule has 25 heavy (non-hydrogen) atoms. The van der Waals surface area contributed by atoms with E-state index < -0.39 is 27.1 Å². The molecule has 1 N–H and O–H groups in total. The Morgan fingerprint density at radius 2 is 1.96 bits per heavy atom. The summed E-state index contributed by atoms with van der Waals surface area (Å²) in [5.41, 5.74) is -2.36. The van der Waals surface area contributed by atoms with Gasteiger partial charge in [0.1, 0.15) is 20.9 Å². The van der Waals surface area contributed by atoms with Crippen molar-refractivity contribution in [1.29, 1.82) is 5.26 Å². The molecule has 0 radical (unpaired) electrons. The minimum Gasteiger partial charge on any atom is -0.344 e. The molecule has 0 unspecified atom stereocenters. The molecule has 0 aliphatic heterocycles. The summed E-state index contributed by atoms with van der Waals surface area (Å²) >= 11 is 0.704. The lowest BCUT2D eigenvalue weighted by Gasteiger charge is -2.13. The maximum atomic E-state index is 13.0. The lowest BCUT2D eigenvalue weighted by molar-refractivity contribution is -0.136. The molecule has 0 atom stereocenters. The Bertz CT molecular complexity index is 985. The lowest BCUT2D eigenvalue weighted by Crippen LogP contribution is -2.20. The molecule has 6 nitrogen and oxygen atoms in total. The van der Waals surface area contributed by atoms with Gasteiger partial charge in [-0.15, -0.1) is 0 Å². The van der Waals surface area contributed by atoms with Crippen LogP contribution >= 0.6 is 11.5 Å². The lowest BCUT2D eigenvalue weighted by atomic mass is 10.1. The molecule has 11 heteroatoms. The highest BCUT2D eigenvalue weighted by Crippen LogP contribution is 2.36. The van der Waals surface area contributed by atoms with Crippen molar-refractivity contribution in [3.8, 4) is 6.07 Å². The minimum absolute atomic E-state index is 0.0716. The second-order valence-electron chi connectivity index (χ2n) is 5.11. The van der Waals surface area contributed by atoms with E-state index in [2.05, 4.69) is 5.32 Å². The molecule has 1 aromatic heterocycles. The quantitative estimate of drug-likeness (QED) is 0.846. The maximum absolute atomic E-state index is 13.0. The van der Waals surface area contributed by atoms with Gasteiger partial charge in [0, 0.05) is 6.26 Å². The molecule has 134 valence electrons. The molecule has 0 saturated heterocycles. The Balaban J connectivity index is 2.42. The molecule has 2 rings (SSSR count). The van der Waals surface area contributed by atoms with E-state index in [0.717, 1.165) is 16.3 Å². The molecular weight excluding hydrogens is 379 g/mol. The van der Waals surface area contributed by atoms with Gasteiger partial charge in [0.15, 0.2) is 5.56 Å². The van der Waals surface area contributed by atoms with E-state index in [9.17, 15) is 26.4 Å². The zero-order valence-corrected chi connectivity index (χ0v) is 14.4. The summed E-state index contributed by atoms with van der Waals surface area (Å²) in [7, 11) is -3.34. The van der Waals surface area contributed by atoms with Gasteiger partial charge < -0.3 is 5.32 Å². The fourth-order valence-corrected chi connectivity index (χ4v) is 3.55. The number of para-hydroxylation sites is 1. The third kappa shape index (κ3) is 4.61. The fourth-order valence-electron chi connectivity index (χ4n) is 1.96. The van der Waals surface area contributed by atoms with Crippen molar-refractivity contribution in [2.24, 2.45) is 0 Å². The first-order chi connectivity index (χ1) is 11.5. The first kappa shape index (κ1) is 19.0. The topological polar surface area (TPSA) is 92.0 Å². The Hall–Kier alpha value is -2.32. The number of sulfone groups is 1. The summed E-state index contributed by atoms with van der Waals surface area (Å²) < 4.78 is 62.5. The predicted molar refractivity (Wildman–Crippen MR) is 87.7 cm³/mol. The zero-order chi connectivity index (χ0) is 18.8. The van der Waals surface area contributed by atoms with E-state index in [1.165, 1.54) is 18.2 Å². The molecular formula is C14H12F3N3O3S2. The average molecular weight is 391 g/mol. The third-order valence-corrected chi connectivity index (χ3v) is 5.11. The second kappa shape index (κ2) is 6.89. The summed E-state index contributed by atoms with van der Waals surface area (Å²) in [5.74, 6) is -0.323. The molecule has 0 aliphatic rings. The van der Waals surface area contributed by atoms with Crippen LogP contribution in [-0.4, -0.2) is 24.4 Å². The van der Waals surface area contributed by atoms with E-state index in [1.54, 1.807) is 6.07 Å². The average Bonchev–Trinajstić information content (AvgIpc) is 2.79. The largest absolute Gasteiger partial charge is 0.418 e. The summed E-state index contributed by atoms with van der Waals surface area (Å²) in [5, 5.41) is 11.5. The van der Waals surface area contributed by atoms with Crippen molar-refractivity contribution >= 4 is 32.1 Å². The summed E-state index contributed by atoms with van der Waals surface area (Å²) in [6, 6.07) is 6.30. The third-order valence-electron chi connectivity index (χ3n) is 3.13. The zero-order valence-electron chi connectivity index (χ0n) is 12.8. The van der Waals surface area contributed by atoms with E-state index in [4.69, 9.17) is 5.26 Å². The van der Waals surface area contributed by atoms with Crippen molar-refractivity contribution in [3.05, 3.63) is 45.7 Å². The predicted octanol–water partition coefficient (Wildman–Crippen LogP) is 2.59. The van der Waals surface area contributed by atoms with Crippen molar-refractivity contribution in [2.45, 2.75) is 12.7 Å². The van der Waals surface area contributed by atoms with Gasteiger partial charge in [-0.25, -0.2) is 8.42 Å². The Morgan fingerprint density at radius 3 is 2.52 bits per heavy atom. The Morgan fingerprint density at radius 1 is 1.32 bits per heavy atom. The molecule has 0 fully saturated rings. The van der Waals surface area contributed by atoms with Crippen LogP contribution in [0, 0.1) is 11.3 Å². The van der Waals surface area contributed by atoms with Crippen LogP contribution in [0.15, 0.2) is 29.1 Å². The number of aryl methyl sites for hydroxylation is 1. The first-order valence-corrected chi connectivity index (χ1v) is 9.61. The van der Waals surface area contributed by atoms with Crippen LogP contribution in [-0.2, 0) is 22.6 Å². The van der Waals surface area contributed by atoms with Gasteiger partial charge in [-0.05, 0) is 23.7 Å². The van der Waals surface area contributed by atoms with Gasteiger partial charge in [0.2, 0.25) is 0 Å². The van der Waals surface area contributed by atoms with Crippen LogP contribution < -0.4 is 10.9 Å². The molecule has 0 aliphatic carbocycles. The van der Waals surface area contributed by atoms with E-state index >= 15 is 0 Å². The van der Waals surface area contributed by atoms with Crippen molar-refractivity contribution in [2.75, 3.05) is 17.3 Å². The summed E-state index contributed by atoms with van der Waals surface area (Å²) in [4.78, 5) is 12.1. The molecule has 0 saturated carbocycles. The first-order valence-electron chi connectivity index (χ1n) is 6.78. The summed E-state index contributed by atoms with van der Waals surface area (Å²) in [6.07, 6.45) is -3.62. The van der Waals surface area contributed by atoms with E-state index in [1.807, 2.05) is 0 Å². The van der Waals surface area contributed by atoms with Crippen molar-refractivity contribution in [3.63, 3.8) is 0 Å². The Kier molecular flexibility index (Phi) is 5.24. The number of hydrogen-bond acceptors (Lipinski definition) is 6. The normalized spacial score (nSPS) is 12.0. The van der Waals surface area contributed by atoms with Crippen molar-refractivity contribution in [1.82, 2.24) is 3.96 Å². The van der Waals surface area contributed by atoms with E-state index in [-0.39, 0.29) is 28.5 Å². The standard InChI is InChI=1S/C14H12F3N3O3S2/c1-25(22,23)7-6-20-13(21)9(8-18)12(24-20)19-11-5-3-2-4-10(11)14(15,16)17/h2-5,19H,6-7H2,1H3. The second-order valence-corrected chi connectivity index (χ2v) is 8.40. The van der Waals surface area contributed by atoms with Gasteiger partial charge in [-0.1, -0.05) is 12.1 Å². The van der Waals surface area contributed by atoms with Crippen LogP contribution in [0.5, 0.6) is 0 Å². The smallest absolute Gasteiger partial charge is 0.344 e. The highest BCUT2D eigenvalue weighted by Gasteiger charge is 2.33. The Labute approximate surface area is 145 Å². The summed E-state index contributed by atoms with van der Waals surface area (Å²) in [6.45, 7) is -0.181. The number of anilines is 2. The number of nitrogens with one attached hydrogen (secondary N) is 1. The van der Waals surface area contributed by atoms with Crippen molar-refractivity contribution < 1.29 is 21.6 Å². The molecule has 0 amide bonds. The van der Waals surface area contributed by atoms with Crippen LogP contribution in [0.4, 0.5) is 23.9 Å². The van der Waals surface area contributed by atoms with Gasteiger partial charge in [0.05, 0.1) is 23.5 Å². The number of nitrogens with zero attached hydrogens (tertiary/aromatic N) is 2. The van der Waals surface area contributed by atoms with Gasteiger partial charge in [0.25, 0.3) is 5.56 Å². The molecule has 1 aromatic carbocycles. The molecule has 0 spiro atoms. The van der Waals surface area contributed by atoms with Crippen LogP contribution in [0.25, 0.3) is 0 Å².